The number of hydrogen-bond acceptors (Lipinski definition) is 3. The van der Waals surface area contributed by atoms with E-state index in [0.29, 0.717) is 12.0 Å². The lowest BCUT2D eigenvalue weighted by molar-refractivity contribution is -0.124. The third kappa shape index (κ3) is 1.14. The van der Waals surface area contributed by atoms with Gasteiger partial charge in [-0.05, 0) is 6.42 Å². The van der Waals surface area contributed by atoms with Gasteiger partial charge >= 0.3 is 0 Å². The molecule has 1 heterocycles. The Balaban J connectivity index is 2.96. The van der Waals surface area contributed by atoms with E-state index in [1.54, 1.807) is 0 Å². The SMILES string of the molecule is C=CCC1=C(N)C(=O)NC1=O. The highest BCUT2D eigenvalue weighted by molar-refractivity contribution is 6.18. The summed E-state index contributed by atoms with van der Waals surface area (Å²) in [5.41, 5.74) is 5.62. The standard InChI is InChI=1S/C7H8N2O2/c1-2-3-4-5(8)7(11)9-6(4)10/h2H,1,3H2,(H3,8,9,10,11). The summed E-state index contributed by atoms with van der Waals surface area (Å²) in [5, 5.41) is 2.08. The zero-order valence-corrected chi connectivity index (χ0v) is 5.89. The van der Waals surface area contributed by atoms with Gasteiger partial charge in [-0.1, -0.05) is 6.08 Å². The van der Waals surface area contributed by atoms with Gasteiger partial charge in [0.15, 0.2) is 0 Å². The van der Waals surface area contributed by atoms with Crippen molar-refractivity contribution in [2.45, 2.75) is 6.42 Å². The van der Waals surface area contributed by atoms with Crippen molar-refractivity contribution in [2.75, 3.05) is 0 Å². The van der Waals surface area contributed by atoms with Gasteiger partial charge in [0.1, 0.15) is 5.70 Å². The van der Waals surface area contributed by atoms with Crippen molar-refractivity contribution in [3.8, 4) is 0 Å². The lowest BCUT2D eigenvalue weighted by Gasteiger charge is -1.91. The molecule has 0 unspecified atom stereocenters. The second-order valence-electron chi connectivity index (χ2n) is 2.17. The molecule has 1 rings (SSSR count). The van der Waals surface area contributed by atoms with Crippen LogP contribution in [-0.2, 0) is 9.59 Å². The van der Waals surface area contributed by atoms with E-state index in [4.69, 9.17) is 5.73 Å². The molecule has 0 aromatic heterocycles. The fraction of sp³-hybridized carbons (Fsp3) is 0.143. The van der Waals surface area contributed by atoms with Crippen LogP contribution in [0, 0.1) is 0 Å². The van der Waals surface area contributed by atoms with Gasteiger partial charge in [-0.2, -0.15) is 0 Å². The summed E-state index contributed by atoms with van der Waals surface area (Å²) in [4.78, 5) is 21.6. The zero-order valence-electron chi connectivity index (χ0n) is 5.89. The molecule has 0 saturated heterocycles. The molecular weight excluding hydrogens is 144 g/mol. The molecule has 2 amide bonds. The highest BCUT2D eigenvalue weighted by Gasteiger charge is 2.26. The van der Waals surface area contributed by atoms with Crippen LogP contribution in [-0.4, -0.2) is 11.8 Å². The summed E-state index contributed by atoms with van der Waals surface area (Å²) in [6.07, 6.45) is 1.86. The first-order valence-electron chi connectivity index (χ1n) is 3.12. The van der Waals surface area contributed by atoms with Crippen molar-refractivity contribution in [3.05, 3.63) is 23.9 Å². The Morgan fingerprint density at radius 1 is 1.45 bits per heavy atom. The Kier molecular flexibility index (Phi) is 1.76. The lowest BCUT2D eigenvalue weighted by Crippen LogP contribution is -2.24. The van der Waals surface area contributed by atoms with Crippen LogP contribution in [0.25, 0.3) is 0 Å². The van der Waals surface area contributed by atoms with E-state index in [9.17, 15) is 9.59 Å². The van der Waals surface area contributed by atoms with E-state index in [0.717, 1.165) is 0 Å². The maximum atomic E-state index is 10.9. The summed E-state index contributed by atoms with van der Waals surface area (Å²) in [6, 6.07) is 0. The number of rotatable bonds is 2. The van der Waals surface area contributed by atoms with Crippen molar-refractivity contribution in [1.29, 1.82) is 0 Å². The summed E-state index contributed by atoms with van der Waals surface area (Å²) < 4.78 is 0. The van der Waals surface area contributed by atoms with Crippen LogP contribution in [0.4, 0.5) is 0 Å². The summed E-state index contributed by atoms with van der Waals surface area (Å²) in [7, 11) is 0. The first-order valence-corrected chi connectivity index (χ1v) is 3.12. The van der Waals surface area contributed by atoms with Crippen LogP contribution in [0.2, 0.25) is 0 Å². The Hall–Kier alpha value is -1.58. The van der Waals surface area contributed by atoms with E-state index in [1.165, 1.54) is 6.08 Å². The molecule has 0 atom stereocenters. The molecule has 1 aliphatic heterocycles. The van der Waals surface area contributed by atoms with Gasteiger partial charge in [0, 0.05) is 5.57 Å². The molecule has 4 nitrogen and oxygen atoms in total. The Morgan fingerprint density at radius 3 is 2.45 bits per heavy atom. The van der Waals surface area contributed by atoms with Gasteiger partial charge in [-0.15, -0.1) is 6.58 Å². The van der Waals surface area contributed by atoms with E-state index < -0.39 is 11.8 Å². The Morgan fingerprint density at radius 2 is 2.09 bits per heavy atom. The minimum Gasteiger partial charge on any atom is -0.394 e. The van der Waals surface area contributed by atoms with Crippen LogP contribution < -0.4 is 11.1 Å². The van der Waals surface area contributed by atoms with Gasteiger partial charge in [-0.3, -0.25) is 14.9 Å². The normalized spacial score (nSPS) is 17.1. The smallest absolute Gasteiger partial charge is 0.274 e. The average Bonchev–Trinajstić information content (AvgIpc) is 2.17. The predicted molar refractivity (Wildman–Crippen MR) is 39.2 cm³/mol. The molecule has 0 aromatic carbocycles. The van der Waals surface area contributed by atoms with Gasteiger partial charge in [-0.25, -0.2) is 0 Å². The molecule has 1 aliphatic rings. The number of allylic oxidation sites excluding steroid dienone is 1. The third-order valence-corrected chi connectivity index (χ3v) is 1.42. The van der Waals surface area contributed by atoms with Crippen molar-refractivity contribution in [2.24, 2.45) is 5.73 Å². The number of hydrogen-bond donors (Lipinski definition) is 2. The summed E-state index contributed by atoms with van der Waals surface area (Å²) in [6.45, 7) is 3.44. The molecule has 58 valence electrons. The number of imide groups is 1. The number of carbonyl (C=O) groups is 2. The first-order chi connectivity index (χ1) is 5.16. The topological polar surface area (TPSA) is 72.2 Å². The van der Waals surface area contributed by atoms with Crippen molar-refractivity contribution in [1.82, 2.24) is 5.32 Å². The van der Waals surface area contributed by atoms with E-state index in [-0.39, 0.29) is 5.70 Å². The summed E-state index contributed by atoms with van der Waals surface area (Å²) >= 11 is 0. The Labute approximate surface area is 63.8 Å². The number of nitrogens with one attached hydrogen (secondary N) is 1. The third-order valence-electron chi connectivity index (χ3n) is 1.42. The van der Waals surface area contributed by atoms with Gasteiger partial charge in [0.2, 0.25) is 0 Å². The second kappa shape index (κ2) is 2.57. The monoisotopic (exact) mass is 152 g/mol. The summed E-state index contributed by atoms with van der Waals surface area (Å²) in [5.74, 6) is -0.917. The molecule has 3 N–H and O–H groups in total. The molecular formula is C7H8N2O2. The maximum absolute atomic E-state index is 10.9. The van der Waals surface area contributed by atoms with Crippen LogP contribution in [0.1, 0.15) is 6.42 Å². The largest absolute Gasteiger partial charge is 0.394 e. The van der Waals surface area contributed by atoms with Crippen molar-refractivity contribution < 1.29 is 9.59 Å². The minimum atomic E-state index is -0.508. The van der Waals surface area contributed by atoms with Crippen LogP contribution in [0.3, 0.4) is 0 Å². The van der Waals surface area contributed by atoms with Gasteiger partial charge < -0.3 is 5.73 Å². The number of nitrogens with two attached hydrogens (primary N) is 1. The maximum Gasteiger partial charge on any atom is 0.274 e. The minimum absolute atomic E-state index is 0.00917. The zero-order chi connectivity index (χ0) is 8.43. The molecule has 0 bridgehead atoms. The highest BCUT2D eigenvalue weighted by atomic mass is 16.2. The lowest BCUT2D eigenvalue weighted by atomic mass is 10.1. The van der Waals surface area contributed by atoms with Crippen LogP contribution in [0.5, 0.6) is 0 Å². The number of carbonyl (C=O) groups excluding carboxylic acids is 2. The van der Waals surface area contributed by atoms with Gasteiger partial charge in [0.05, 0.1) is 0 Å². The van der Waals surface area contributed by atoms with E-state index >= 15 is 0 Å². The van der Waals surface area contributed by atoms with Crippen LogP contribution in [0.15, 0.2) is 23.9 Å². The fourth-order valence-corrected chi connectivity index (χ4v) is 0.852. The molecule has 0 aliphatic carbocycles. The highest BCUT2D eigenvalue weighted by Crippen LogP contribution is 2.11. The Bertz CT molecular complexity index is 266. The van der Waals surface area contributed by atoms with Crippen molar-refractivity contribution >= 4 is 11.8 Å². The average molecular weight is 152 g/mol. The quantitative estimate of drug-likeness (QED) is 0.411. The fourth-order valence-electron chi connectivity index (χ4n) is 0.852. The first kappa shape index (κ1) is 7.53. The van der Waals surface area contributed by atoms with Crippen molar-refractivity contribution in [3.63, 3.8) is 0 Å². The molecule has 0 spiro atoms. The molecule has 0 aromatic rings. The molecule has 11 heavy (non-hydrogen) atoms. The molecule has 0 fully saturated rings. The molecule has 0 radical (unpaired) electrons. The van der Waals surface area contributed by atoms with Crippen LogP contribution >= 0.6 is 0 Å². The van der Waals surface area contributed by atoms with E-state index in [1.807, 2.05) is 0 Å². The molecule has 0 saturated carbocycles. The second-order valence-corrected chi connectivity index (χ2v) is 2.17. The van der Waals surface area contributed by atoms with E-state index in [2.05, 4.69) is 11.9 Å². The van der Waals surface area contributed by atoms with Gasteiger partial charge in [0.25, 0.3) is 11.8 Å². The molecule has 4 heteroatoms. The predicted octanol–water partition coefficient (Wildman–Crippen LogP) is -0.568. The number of amides is 2.